The summed E-state index contributed by atoms with van der Waals surface area (Å²) >= 11 is 0. The molecule has 0 fully saturated rings. The molecule has 4 N–H and O–H groups in total. The van der Waals surface area contributed by atoms with Crippen LogP contribution in [0.3, 0.4) is 0 Å². The maximum Gasteiger partial charge on any atom is 0.190 e. The van der Waals surface area contributed by atoms with Crippen molar-refractivity contribution in [3.8, 4) is 0 Å². The molecule has 0 aromatic carbocycles. The van der Waals surface area contributed by atoms with Gasteiger partial charge in [-0.1, -0.05) is 19.0 Å². The van der Waals surface area contributed by atoms with E-state index < -0.39 is 0 Å². The SMILES string of the molecule is CCC(CC)N(CCO)c1cnc(C(N)=NO)cn1. The van der Waals surface area contributed by atoms with Crippen LogP contribution in [0.2, 0.25) is 0 Å². The molecule has 1 heterocycles. The Morgan fingerprint density at radius 3 is 2.47 bits per heavy atom. The highest BCUT2D eigenvalue weighted by atomic mass is 16.4. The van der Waals surface area contributed by atoms with Gasteiger partial charge in [-0.2, -0.15) is 0 Å². The first kappa shape index (κ1) is 15.2. The number of aliphatic hydroxyl groups excluding tert-OH is 1. The van der Waals surface area contributed by atoms with Crippen LogP contribution in [-0.2, 0) is 0 Å². The van der Waals surface area contributed by atoms with E-state index in [1.807, 2.05) is 4.90 Å². The fourth-order valence-electron chi connectivity index (χ4n) is 1.97. The summed E-state index contributed by atoms with van der Waals surface area (Å²) in [5.74, 6) is 0.604. The fourth-order valence-corrected chi connectivity index (χ4v) is 1.97. The Morgan fingerprint density at radius 2 is 2.05 bits per heavy atom. The molecule has 0 bridgehead atoms. The highest BCUT2D eigenvalue weighted by Crippen LogP contribution is 2.16. The lowest BCUT2D eigenvalue weighted by Crippen LogP contribution is -2.37. The molecule has 0 saturated carbocycles. The van der Waals surface area contributed by atoms with Crippen molar-refractivity contribution >= 4 is 11.7 Å². The summed E-state index contributed by atoms with van der Waals surface area (Å²) in [6.45, 7) is 4.75. The summed E-state index contributed by atoms with van der Waals surface area (Å²) in [4.78, 5) is 10.4. The zero-order valence-corrected chi connectivity index (χ0v) is 11.3. The third kappa shape index (κ3) is 3.78. The van der Waals surface area contributed by atoms with Gasteiger partial charge in [-0.05, 0) is 12.8 Å². The molecule has 0 saturated heterocycles. The van der Waals surface area contributed by atoms with Crippen LogP contribution < -0.4 is 10.6 Å². The Labute approximate surface area is 112 Å². The number of oxime groups is 1. The molecule has 0 aliphatic rings. The van der Waals surface area contributed by atoms with Gasteiger partial charge in [-0.3, -0.25) is 0 Å². The summed E-state index contributed by atoms with van der Waals surface area (Å²) < 4.78 is 0. The number of rotatable bonds is 7. The first-order valence-corrected chi connectivity index (χ1v) is 6.35. The van der Waals surface area contributed by atoms with E-state index in [2.05, 4.69) is 29.0 Å². The highest BCUT2D eigenvalue weighted by Gasteiger charge is 2.17. The Bertz CT molecular complexity index is 403. The number of amidine groups is 1. The molecule has 0 unspecified atom stereocenters. The molecule has 0 atom stereocenters. The molecule has 1 aromatic rings. The predicted molar refractivity (Wildman–Crippen MR) is 73.3 cm³/mol. The molecule has 0 amide bonds. The zero-order chi connectivity index (χ0) is 14.3. The Morgan fingerprint density at radius 1 is 1.37 bits per heavy atom. The maximum atomic E-state index is 9.16. The molecular weight excluding hydrogens is 246 g/mol. The molecule has 1 aromatic heterocycles. The molecule has 106 valence electrons. The lowest BCUT2D eigenvalue weighted by atomic mass is 10.1. The van der Waals surface area contributed by atoms with Gasteiger partial charge in [0.25, 0.3) is 0 Å². The van der Waals surface area contributed by atoms with Gasteiger partial charge in [-0.15, -0.1) is 0 Å². The van der Waals surface area contributed by atoms with Crippen LogP contribution in [0.4, 0.5) is 5.82 Å². The van der Waals surface area contributed by atoms with Gasteiger partial charge in [0, 0.05) is 12.6 Å². The molecule has 0 aliphatic heterocycles. The second-order valence-electron chi connectivity index (χ2n) is 4.13. The van der Waals surface area contributed by atoms with Gasteiger partial charge in [0.1, 0.15) is 11.5 Å². The monoisotopic (exact) mass is 267 g/mol. The Hall–Kier alpha value is -1.89. The third-order valence-corrected chi connectivity index (χ3v) is 3.03. The van der Waals surface area contributed by atoms with Gasteiger partial charge in [0.05, 0.1) is 19.0 Å². The highest BCUT2D eigenvalue weighted by molar-refractivity contribution is 5.94. The van der Waals surface area contributed by atoms with Crippen LogP contribution in [0.5, 0.6) is 0 Å². The standard InChI is InChI=1S/C12H21N5O2/c1-3-9(4-2)17(5-6-18)11-8-14-10(7-15-11)12(13)16-19/h7-9,18-19H,3-6H2,1-2H3,(H2,13,16). The zero-order valence-electron chi connectivity index (χ0n) is 11.3. The van der Waals surface area contributed by atoms with Crippen molar-refractivity contribution in [3.05, 3.63) is 18.1 Å². The average Bonchev–Trinajstić information content (AvgIpc) is 2.47. The average molecular weight is 267 g/mol. The van der Waals surface area contributed by atoms with Crippen molar-refractivity contribution in [2.45, 2.75) is 32.7 Å². The largest absolute Gasteiger partial charge is 0.409 e. The van der Waals surface area contributed by atoms with Crippen LogP contribution in [0.25, 0.3) is 0 Å². The van der Waals surface area contributed by atoms with Crippen molar-refractivity contribution in [2.24, 2.45) is 10.9 Å². The van der Waals surface area contributed by atoms with Crippen LogP contribution >= 0.6 is 0 Å². The molecule has 7 heteroatoms. The minimum Gasteiger partial charge on any atom is -0.409 e. The first-order valence-electron chi connectivity index (χ1n) is 6.35. The van der Waals surface area contributed by atoms with E-state index in [4.69, 9.17) is 16.0 Å². The lowest BCUT2D eigenvalue weighted by Gasteiger charge is -2.30. The van der Waals surface area contributed by atoms with Gasteiger partial charge in [0.2, 0.25) is 0 Å². The van der Waals surface area contributed by atoms with Crippen LogP contribution in [0.1, 0.15) is 32.4 Å². The quantitative estimate of drug-likeness (QED) is 0.288. The molecule has 1 rings (SSSR count). The summed E-state index contributed by atoms with van der Waals surface area (Å²) in [5, 5.41) is 20.6. The van der Waals surface area contributed by atoms with E-state index in [1.165, 1.54) is 6.20 Å². The van der Waals surface area contributed by atoms with Gasteiger partial charge < -0.3 is 20.9 Å². The minimum atomic E-state index is -0.0738. The Balaban J connectivity index is 2.97. The second kappa shape index (κ2) is 7.52. The van der Waals surface area contributed by atoms with E-state index in [1.54, 1.807) is 6.20 Å². The molecule has 0 spiro atoms. The number of anilines is 1. The number of aliphatic hydroxyl groups is 1. The van der Waals surface area contributed by atoms with Crippen LogP contribution in [0, 0.1) is 0 Å². The van der Waals surface area contributed by atoms with Gasteiger partial charge >= 0.3 is 0 Å². The normalized spacial score (nSPS) is 11.9. The summed E-state index contributed by atoms with van der Waals surface area (Å²) in [6.07, 6.45) is 4.94. The van der Waals surface area contributed by atoms with Crippen LogP contribution in [0.15, 0.2) is 17.5 Å². The summed E-state index contributed by atoms with van der Waals surface area (Å²) in [5.41, 5.74) is 5.75. The molecule has 0 radical (unpaired) electrons. The van der Waals surface area contributed by atoms with E-state index >= 15 is 0 Å². The number of nitrogens with zero attached hydrogens (tertiary/aromatic N) is 4. The fraction of sp³-hybridized carbons (Fsp3) is 0.583. The summed E-state index contributed by atoms with van der Waals surface area (Å²) in [7, 11) is 0. The van der Waals surface area contributed by atoms with Crippen molar-refractivity contribution < 1.29 is 10.3 Å². The third-order valence-electron chi connectivity index (χ3n) is 3.03. The van der Waals surface area contributed by atoms with Crippen LogP contribution in [-0.4, -0.2) is 45.3 Å². The topological polar surface area (TPSA) is 108 Å². The molecular formula is C12H21N5O2. The van der Waals surface area contributed by atoms with Crippen molar-refractivity contribution in [1.82, 2.24) is 9.97 Å². The summed E-state index contributed by atoms with van der Waals surface area (Å²) in [6, 6.07) is 0.302. The molecule has 7 nitrogen and oxygen atoms in total. The number of hydrogen-bond acceptors (Lipinski definition) is 6. The molecule has 0 aliphatic carbocycles. The van der Waals surface area contributed by atoms with E-state index in [0.717, 1.165) is 12.8 Å². The van der Waals surface area contributed by atoms with Crippen molar-refractivity contribution in [1.29, 1.82) is 0 Å². The Kier molecular flexibility index (Phi) is 6.01. The minimum absolute atomic E-state index is 0.0557. The molecule has 19 heavy (non-hydrogen) atoms. The van der Waals surface area contributed by atoms with E-state index in [-0.39, 0.29) is 12.4 Å². The van der Waals surface area contributed by atoms with Crippen molar-refractivity contribution in [3.63, 3.8) is 0 Å². The number of nitrogens with two attached hydrogens (primary N) is 1. The predicted octanol–water partition coefficient (Wildman–Crippen LogP) is 0.558. The maximum absolute atomic E-state index is 9.16. The second-order valence-corrected chi connectivity index (χ2v) is 4.13. The number of aromatic nitrogens is 2. The van der Waals surface area contributed by atoms with Gasteiger partial charge in [0.15, 0.2) is 5.84 Å². The number of hydrogen-bond donors (Lipinski definition) is 3. The van der Waals surface area contributed by atoms with Crippen molar-refractivity contribution in [2.75, 3.05) is 18.1 Å². The first-order chi connectivity index (χ1) is 9.17. The van der Waals surface area contributed by atoms with Gasteiger partial charge in [-0.25, -0.2) is 9.97 Å². The smallest absolute Gasteiger partial charge is 0.190 e. The van der Waals surface area contributed by atoms with E-state index in [9.17, 15) is 0 Å². The van der Waals surface area contributed by atoms with E-state index in [0.29, 0.717) is 24.1 Å². The lowest BCUT2D eigenvalue weighted by molar-refractivity contribution is 0.295.